The van der Waals surface area contributed by atoms with Gasteiger partial charge in [-0.3, -0.25) is 4.55 Å². The van der Waals surface area contributed by atoms with Crippen molar-refractivity contribution in [3.8, 4) is 0 Å². The molecule has 0 radical (unpaired) electrons. The molecule has 0 unspecified atom stereocenters. The third kappa shape index (κ3) is 3.89. The van der Waals surface area contributed by atoms with Crippen molar-refractivity contribution in [2.45, 2.75) is 45.0 Å². The van der Waals surface area contributed by atoms with Crippen LogP contribution in [-0.4, -0.2) is 41.4 Å². The summed E-state index contributed by atoms with van der Waals surface area (Å²) in [5, 5.41) is 0. The van der Waals surface area contributed by atoms with Crippen LogP contribution >= 0.6 is 0 Å². The molecule has 0 aromatic rings. The molecule has 0 saturated heterocycles. The lowest BCUT2D eigenvalue weighted by Gasteiger charge is -2.29. The molecule has 1 aliphatic heterocycles. The van der Waals surface area contributed by atoms with Gasteiger partial charge in [-0.15, -0.1) is 0 Å². The molecular weight excluding hydrogens is 240 g/mol. The number of nitrogens with zero attached hydrogens (tertiary/aromatic N) is 2. The minimum absolute atomic E-state index is 0.653. The van der Waals surface area contributed by atoms with Crippen molar-refractivity contribution in [1.82, 2.24) is 9.80 Å². The summed E-state index contributed by atoms with van der Waals surface area (Å²) in [4.78, 5) is 3.38. The molecule has 1 aliphatic rings. The molecule has 0 atom stereocenters. The number of hydrogen-bond donors (Lipinski definition) is 1. The van der Waals surface area contributed by atoms with Crippen LogP contribution in [0.2, 0.25) is 0 Å². The van der Waals surface area contributed by atoms with Gasteiger partial charge in [-0.05, 0) is 12.8 Å². The van der Waals surface area contributed by atoms with Crippen LogP contribution < -0.4 is 0 Å². The normalized spacial score (nSPS) is 17.1. The highest BCUT2D eigenvalue weighted by molar-refractivity contribution is 7.86. The quantitative estimate of drug-likeness (QED) is 0.709. The SMILES string of the molecule is CCCCN1C=CN(CCCC)C1S(=O)(=O)O. The number of rotatable bonds is 7. The second kappa shape index (κ2) is 6.26. The van der Waals surface area contributed by atoms with Crippen molar-refractivity contribution in [3.05, 3.63) is 12.4 Å². The Morgan fingerprint density at radius 1 is 1.06 bits per heavy atom. The largest absolute Gasteiger partial charge is 0.342 e. The highest BCUT2D eigenvalue weighted by atomic mass is 32.2. The lowest BCUT2D eigenvalue weighted by Crippen LogP contribution is -2.45. The Hall–Kier alpha value is -0.750. The van der Waals surface area contributed by atoms with Crippen LogP contribution in [0.1, 0.15) is 39.5 Å². The van der Waals surface area contributed by atoms with Gasteiger partial charge in [0, 0.05) is 25.5 Å². The van der Waals surface area contributed by atoms with Gasteiger partial charge in [-0.1, -0.05) is 26.7 Å². The van der Waals surface area contributed by atoms with E-state index in [-0.39, 0.29) is 0 Å². The van der Waals surface area contributed by atoms with Crippen molar-refractivity contribution in [2.75, 3.05) is 13.1 Å². The standard InChI is InChI=1S/C11H22N2O3S/c1-3-5-7-12-9-10-13(8-6-4-2)11(12)17(14,15)16/h9-11H,3-8H2,1-2H3,(H,14,15,16). The minimum atomic E-state index is -4.07. The summed E-state index contributed by atoms with van der Waals surface area (Å²) in [5.74, 6) is 0. The van der Waals surface area contributed by atoms with Crippen molar-refractivity contribution >= 4 is 10.1 Å². The Morgan fingerprint density at radius 2 is 1.47 bits per heavy atom. The fourth-order valence-electron chi connectivity index (χ4n) is 1.90. The first-order valence-corrected chi connectivity index (χ1v) is 7.67. The van der Waals surface area contributed by atoms with E-state index in [9.17, 15) is 13.0 Å². The second-order valence-electron chi connectivity index (χ2n) is 4.32. The van der Waals surface area contributed by atoms with Gasteiger partial charge in [0.2, 0.25) is 5.50 Å². The first-order chi connectivity index (χ1) is 8.00. The molecule has 0 aromatic heterocycles. The topological polar surface area (TPSA) is 60.9 Å². The highest BCUT2D eigenvalue weighted by Gasteiger charge is 2.35. The van der Waals surface area contributed by atoms with E-state index < -0.39 is 15.6 Å². The third-order valence-corrected chi connectivity index (χ3v) is 3.90. The van der Waals surface area contributed by atoms with E-state index in [2.05, 4.69) is 13.8 Å². The van der Waals surface area contributed by atoms with Crippen LogP contribution in [0.15, 0.2) is 12.4 Å². The Labute approximate surface area is 104 Å². The highest BCUT2D eigenvalue weighted by Crippen LogP contribution is 2.21. The van der Waals surface area contributed by atoms with Crippen LogP contribution in [0.5, 0.6) is 0 Å². The van der Waals surface area contributed by atoms with Gasteiger partial charge < -0.3 is 9.80 Å². The fraction of sp³-hybridized carbons (Fsp3) is 0.818. The van der Waals surface area contributed by atoms with Gasteiger partial charge in [0.05, 0.1) is 0 Å². The van der Waals surface area contributed by atoms with Crippen LogP contribution in [0.25, 0.3) is 0 Å². The molecule has 0 bridgehead atoms. The number of hydrogen-bond acceptors (Lipinski definition) is 4. The molecule has 0 fully saturated rings. The third-order valence-electron chi connectivity index (χ3n) is 2.82. The van der Waals surface area contributed by atoms with Crippen LogP contribution in [0.3, 0.4) is 0 Å². The van der Waals surface area contributed by atoms with E-state index in [1.54, 1.807) is 22.2 Å². The van der Waals surface area contributed by atoms with Gasteiger partial charge >= 0.3 is 10.1 Å². The molecule has 5 nitrogen and oxygen atoms in total. The predicted octanol–water partition coefficient (Wildman–Crippen LogP) is 1.85. The summed E-state index contributed by atoms with van der Waals surface area (Å²) in [6, 6.07) is 0. The van der Waals surface area contributed by atoms with E-state index in [1.165, 1.54) is 0 Å². The zero-order valence-electron chi connectivity index (χ0n) is 10.5. The summed E-state index contributed by atoms with van der Waals surface area (Å²) in [5.41, 5.74) is -0.930. The van der Waals surface area contributed by atoms with E-state index >= 15 is 0 Å². The monoisotopic (exact) mass is 262 g/mol. The molecular formula is C11H22N2O3S. The molecule has 0 aliphatic carbocycles. The smallest absolute Gasteiger partial charge is 0.306 e. The Balaban J connectivity index is 2.71. The molecule has 0 saturated carbocycles. The van der Waals surface area contributed by atoms with Crippen molar-refractivity contribution in [2.24, 2.45) is 0 Å². The van der Waals surface area contributed by atoms with Crippen molar-refractivity contribution < 1.29 is 13.0 Å². The van der Waals surface area contributed by atoms with Gasteiger partial charge in [0.15, 0.2) is 0 Å². The summed E-state index contributed by atoms with van der Waals surface area (Å²) in [6.45, 7) is 5.41. The molecule has 0 amide bonds. The van der Waals surface area contributed by atoms with Gasteiger partial charge in [-0.2, -0.15) is 8.42 Å². The minimum Gasteiger partial charge on any atom is -0.342 e. The maximum absolute atomic E-state index is 11.4. The van der Waals surface area contributed by atoms with E-state index in [4.69, 9.17) is 0 Å². The maximum Gasteiger partial charge on any atom is 0.306 e. The lowest BCUT2D eigenvalue weighted by atomic mass is 10.3. The molecule has 0 aromatic carbocycles. The molecule has 1 heterocycles. The van der Waals surface area contributed by atoms with E-state index in [0.717, 1.165) is 25.7 Å². The van der Waals surface area contributed by atoms with Crippen molar-refractivity contribution in [1.29, 1.82) is 0 Å². The zero-order valence-corrected chi connectivity index (χ0v) is 11.4. The lowest BCUT2D eigenvalue weighted by molar-refractivity contribution is 0.204. The van der Waals surface area contributed by atoms with Gasteiger partial charge in [0.25, 0.3) is 0 Å². The Morgan fingerprint density at radius 3 is 1.76 bits per heavy atom. The molecule has 1 rings (SSSR count). The average Bonchev–Trinajstić information content (AvgIpc) is 2.66. The summed E-state index contributed by atoms with van der Waals surface area (Å²) >= 11 is 0. The maximum atomic E-state index is 11.4. The fourth-order valence-corrected chi connectivity index (χ4v) is 2.94. The van der Waals surface area contributed by atoms with E-state index in [1.807, 2.05) is 0 Å². The van der Waals surface area contributed by atoms with Crippen LogP contribution in [0, 0.1) is 0 Å². The first kappa shape index (κ1) is 14.3. The summed E-state index contributed by atoms with van der Waals surface area (Å²) in [6.07, 6.45) is 7.33. The van der Waals surface area contributed by atoms with Crippen molar-refractivity contribution in [3.63, 3.8) is 0 Å². The summed E-state index contributed by atoms with van der Waals surface area (Å²) < 4.78 is 32.1. The first-order valence-electron chi connectivity index (χ1n) is 6.16. The van der Waals surface area contributed by atoms with E-state index in [0.29, 0.717) is 13.1 Å². The van der Waals surface area contributed by atoms with Crippen LogP contribution in [0.4, 0.5) is 0 Å². The molecule has 17 heavy (non-hydrogen) atoms. The molecule has 6 heteroatoms. The van der Waals surface area contributed by atoms with Crippen LogP contribution in [-0.2, 0) is 10.1 Å². The molecule has 100 valence electrons. The predicted molar refractivity (Wildman–Crippen MR) is 67.7 cm³/mol. The zero-order chi connectivity index (χ0) is 12.9. The molecule has 0 spiro atoms. The Bertz CT molecular complexity index is 336. The number of unbranched alkanes of at least 4 members (excludes halogenated alkanes) is 2. The second-order valence-corrected chi connectivity index (χ2v) is 5.77. The molecule has 1 N–H and O–H groups in total. The van der Waals surface area contributed by atoms with Gasteiger partial charge in [0.1, 0.15) is 0 Å². The van der Waals surface area contributed by atoms with Gasteiger partial charge in [-0.25, -0.2) is 0 Å². The average molecular weight is 262 g/mol. The summed E-state index contributed by atoms with van der Waals surface area (Å²) in [7, 11) is -4.07. The Kier molecular flexibility index (Phi) is 5.27.